The highest BCUT2D eigenvalue weighted by Gasteiger charge is 2.16. The zero-order valence-electron chi connectivity index (χ0n) is 9.31. The van der Waals surface area contributed by atoms with Crippen LogP contribution in [0.4, 0.5) is 4.39 Å². The van der Waals surface area contributed by atoms with Gasteiger partial charge in [0.15, 0.2) is 9.84 Å². The van der Waals surface area contributed by atoms with Crippen molar-refractivity contribution in [3.63, 3.8) is 0 Å². The third-order valence-corrected chi connectivity index (χ3v) is 4.50. The summed E-state index contributed by atoms with van der Waals surface area (Å²) in [5, 5.41) is 0.120. The van der Waals surface area contributed by atoms with Crippen LogP contribution in [0, 0.1) is 5.82 Å². The molecule has 0 spiro atoms. The molecule has 0 radical (unpaired) electrons. The minimum atomic E-state index is -3.46. The molecule has 0 aliphatic heterocycles. The Kier molecular flexibility index (Phi) is 3.68. The van der Waals surface area contributed by atoms with E-state index in [0.717, 1.165) is 6.07 Å². The van der Waals surface area contributed by atoms with Crippen molar-refractivity contribution < 1.29 is 12.8 Å². The van der Waals surface area contributed by atoms with Crippen molar-refractivity contribution in [1.29, 1.82) is 0 Å². The summed E-state index contributed by atoms with van der Waals surface area (Å²) >= 11 is 5.82. The molecule has 18 heavy (non-hydrogen) atoms. The Morgan fingerprint density at radius 1 is 1.06 bits per heavy atom. The van der Waals surface area contributed by atoms with Crippen molar-refractivity contribution in [3.05, 3.63) is 64.9 Å². The summed E-state index contributed by atoms with van der Waals surface area (Å²) in [7, 11) is -3.46. The number of hydrogen-bond acceptors (Lipinski definition) is 2. The van der Waals surface area contributed by atoms with Crippen molar-refractivity contribution in [3.8, 4) is 0 Å². The lowest BCUT2D eigenvalue weighted by Gasteiger charge is -2.06. The highest BCUT2D eigenvalue weighted by Crippen LogP contribution is 2.22. The second-order valence-electron chi connectivity index (χ2n) is 3.81. The maximum absolute atomic E-state index is 12.9. The molecule has 0 aliphatic carbocycles. The van der Waals surface area contributed by atoms with Crippen LogP contribution in [0.3, 0.4) is 0 Å². The lowest BCUT2D eigenvalue weighted by molar-refractivity contribution is 0.595. The van der Waals surface area contributed by atoms with Gasteiger partial charge in [-0.25, -0.2) is 12.8 Å². The highest BCUT2D eigenvalue weighted by molar-refractivity contribution is 7.90. The Morgan fingerprint density at radius 2 is 1.72 bits per heavy atom. The van der Waals surface area contributed by atoms with Crippen molar-refractivity contribution in [2.24, 2.45) is 0 Å². The molecule has 0 unspecified atom stereocenters. The SMILES string of the molecule is O=S(=O)(Cc1ccc(F)cc1Cl)c1ccccc1. The molecule has 0 saturated heterocycles. The molecular weight excluding hydrogens is 275 g/mol. The molecule has 0 heterocycles. The van der Waals surface area contributed by atoms with E-state index >= 15 is 0 Å². The average Bonchev–Trinajstić information content (AvgIpc) is 2.34. The Labute approximate surface area is 110 Å². The summed E-state index contributed by atoms with van der Waals surface area (Å²) in [4.78, 5) is 0.227. The predicted molar refractivity (Wildman–Crippen MR) is 68.7 cm³/mol. The summed E-state index contributed by atoms with van der Waals surface area (Å²) in [5.74, 6) is -0.725. The molecule has 0 saturated carbocycles. The fourth-order valence-corrected chi connectivity index (χ4v) is 3.27. The van der Waals surface area contributed by atoms with E-state index in [4.69, 9.17) is 11.6 Å². The van der Waals surface area contributed by atoms with Gasteiger partial charge in [0, 0.05) is 5.02 Å². The molecule has 2 rings (SSSR count). The molecule has 0 aliphatic rings. The molecule has 94 valence electrons. The van der Waals surface area contributed by atoms with Crippen LogP contribution in [-0.4, -0.2) is 8.42 Å². The van der Waals surface area contributed by atoms with Gasteiger partial charge in [0.2, 0.25) is 0 Å². The zero-order chi connectivity index (χ0) is 13.2. The minimum absolute atomic E-state index is 0.120. The molecule has 0 N–H and O–H groups in total. The number of benzene rings is 2. The standard InChI is InChI=1S/C13H10ClFO2S/c14-13-8-11(15)7-6-10(13)9-18(16,17)12-4-2-1-3-5-12/h1-8H,9H2. The first kappa shape index (κ1) is 13.1. The van der Waals surface area contributed by atoms with Crippen LogP contribution in [0.25, 0.3) is 0 Å². The van der Waals surface area contributed by atoms with Crippen LogP contribution in [-0.2, 0) is 15.6 Å². The Balaban J connectivity index is 2.34. The van der Waals surface area contributed by atoms with Crippen LogP contribution in [0.2, 0.25) is 5.02 Å². The monoisotopic (exact) mass is 284 g/mol. The van der Waals surface area contributed by atoms with Crippen LogP contribution >= 0.6 is 11.6 Å². The first-order valence-electron chi connectivity index (χ1n) is 5.21. The van der Waals surface area contributed by atoms with Crippen LogP contribution < -0.4 is 0 Å². The van der Waals surface area contributed by atoms with E-state index in [9.17, 15) is 12.8 Å². The molecule has 2 aromatic rings. The van der Waals surface area contributed by atoms with Crippen molar-refractivity contribution in [2.45, 2.75) is 10.6 Å². The third kappa shape index (κ3) is 2.89. The maximum atomic E-state index is 12.9. The van der Waals surface area contributed by atoms with Gasteiger partial charge in [-0.2, -0.15) is 0 Å². The molecular formula is C13H10ClFO2S. The second-order valence-corrected chi connectivity index (χ2v) is 6.20. The lowest BCUT2D eigenvalue weighted by Crippen LogP contribution is -2.05. The lowest BCUT2D eigenvalue weighted by atomic mass is 10.2. The van der Waals surface area contributed by atoms with E-state index in [1.807, 2.05) is 0 Å². The fourth-order valence-electron chi connectivity index (χ4n) is 1.55. The number of rotatable bonds is 3. The van der Waals surface area contributed by atoms with Crippen molar-refractivity contribution >= 4 is 21.4 Å². The topological polar surface area (TPSA) is 34.1 Å². The van der Waals surface area contributed by atoms with E-state index in [1.54, 1.807) is 18.2 Å². The normalized spacial score (nSPS) is 11.4. The van der Waals surface area contributed by atoms with E-state index < -0.39 is 15.7 Å². The number of hydrogen-bond donors (Lipinski definition) is 0. The smallest absolute Gasteiger partial charge is 0.182 e. The van der Waals surface area contributed by atoms with E-state index in [2.05, 4.69) is 0 Å². The van der Waals surface area contributed by atoms with Crippen molar-refractivity contribution in [2.75, 3.05) is 0 Å². The van der Waals surface area contributed by atoms with Gasteiger partial charge in [-0.3, -0.25) is 0 Å². The van der Waals surface area contributed by atoms with Gasteiger partial charge in [0.1, 0.15) is 5.82 Å². The van der Waals surface area contributed by atoms with Crippen LogP contribution in [0.5, 0.6) is 0 Å². The largest absolute Gasteiger partial charge is 0.223 e. The predicted octanol–water partition coefficient (Wildman–Crippen LogP) is 3.45. The van der Waals surface area contributed by atoms with E-state index in [0.29, 0.717) is 5.56 Å². The van der Waals surface area contributed by atoms with E-state index in [1.165, 1.54) is 24.3 Å². The summed E-state index contributed by atoms with van der Waals surface area (Å²) in [6, 6.07) is 11.8. The fraction of sp³-hybridized carbons (Fsp3) is 0.0769. The molecule has 0 fully saturated rings. The van der Waals surface area contributed by atoms with Gasteiger partial charge in [-0.1, -0.05) is 35.9 Å². The van der Waals surface area contributed by atoms with Gasteiger partial charge in [0.25, 0.3) is 0 Å². The summed E-state index contributed by atoms with van der Waals surface area (Å²) in [5.41, 5.74) is 0.391. The molecule has 5 heteroatoms. The first-order chi connectivity index (χ1) is 8.49. The molecule has 2 aromatic carbocycles. The van der Waals surface area contributed by atoms with Gasteiger partial charge in [-0.15, -0.1) is 0 Å². The Hall–Kier alpha value is -1.39. The maximum Gasteiger partial charge on any atom is 0.182 e. The van der Waals surface area contributed by atoms with Crippen LogP contribution in [0.1, 0.15) is 5.56 Å². The minimum Gasteiger partial charge on any atom is -0.223 e. The number of halogens is 2. The van der Waals surface area contributed by atoms with Crippen LogP contribution in [0.15, 0.2) is 53.4 Å². The summed E-state index contributed by atoms with van der Waals surface area (Å²) in [6.45, 7) is 0. The van der Waals surface area contributed by atoms with Gasteiger partial charge in [0.05, 0.1) is 10.6 Å². The molecule has 0 bridgehead atoms. The highest BCUT2D eigenvalue weighted by atomic mass is 35.5. The quantitative estimate of drug-likeness (QED) is 0.865. The van der Waals surface area contributed by atoms with E-state index in [-0.39, 0.29) is 15.7 Å². The van der Waals surface area contributed by atoms with Crippen molar-refractivity contribution in [1.82, 2.24) is 0 Å². The third-order valence-electron chi connectivity index (χ3n) is 2.46. The summed E-state index contributed by atoms with van der Waals surface area (Å²) < 4.78 is 37.0. The average molecular weight is 285 g/mol. The molecule has 0 amide bonds. The molecule has 0 atom stereocenters. The number of sulfone groups is 1. The first-order valence-corrected chi connectivity index (χ1v) is 7.24. The Bertz CT molecular complexity index is 654. The van der Waals surface area contributed by atoms with Gasteiger partial charge >= 0.3 is 0 Å². The zero-order valence-corrected chi connectivity index (χ0v) is 10.9. The van der Waals surface area contributed by atoms with Gasteiger partial charge in [-0.05, 0) is 29.8 Å². The van der Waals surface area contributed by atoms with Gasteiger partial charge < -0.3 is 0 Å². The molecule has 2 nitrogen and oxygen atoms in total. The Morgan fingerprint density at radius 3 is 2.33 bits per heavy atom. The summed E-state index contributed by atoms with van der Waals surface area (Å²) in [6.07, 6.45) is 0. The molecule has 0 aromatic heterocycles. The second kappa shape index (κ2) is 5.08.